The first-order valence-corrected chi connectivity index (χ1v) is 9.30. The minimum Gasteiger partial charge on any atom is -0.469 e. The molecule has 1 saturated heterocycles. The molecule has 1 aromatic carbocycles. The molecule has 4 unspecified atom stereocenters. The fraction of sp³-hybridized carbons (Fsp3) is 0.450. The van der Waals surface area contributed by atoms with Crippen LogP contribution in [0.1, 0.15) is 29.6 Å². The number of aliphatic imine (C=N–C) groups is 1. The van der Waals surface area contributed by atoms with Crippen molar-refractivity contribution >= 4 is 29.6 Å². The third-order valence-corrected chi connectivity index (χ3v) is 6.20. The van der Waals surface area contributed by atoms with Gasteiger partial charge in [0.2, 0.25) is 0 Å². The molecule has 2 aliphatic heterocycles. The Balaban J connectivity index is 1.75. The molecule has 0 bridgehead atoms. The number of ketones is 1. The summed E-state index contributed by atoms with van der Waals surface area (Å²) in [6, 6.07) is 6.20. The molecule has 26 heavy (non-hydrogen) atoms. The number of carbonyl (C=O) groups excluding carboxylic acids is 2. The molecule has 1 aliphatic carbocycles. The second-order valence-corrected chi connectivity index (χ2v) is 7.58. The number of hydrogen-bond donors (Lipinski definition) is 1. The number of ether oxygens (including phenoxy) is 1. The van der Waals surface area contributed by atoms with E-state index in [0.29, 0.717) is 17.1 Å². The molecule has 0 radical (unpaired) electrons. The average Bonchev–Trinajstić information content (AvgIpc) is 3.01. The topological polar surface area (TPSA) is 67.8 Å². The van der Waals surface area contributed by atoms with E-state index in [9.17, 15) is 9.59 Å². The lowest BCUT2D eigenvalue weighted by atomic mass is 9.67. The molecule has 1 spiro atoms. The molecule has 0 saturated carbocycles. The molecule has 1 fully saturated rings. The number of Topliss-reactive ketones (excluding diaryl/α,β-unsaturated/α-hetero) is 1. The van der Waals surface area contributed by atoms with Crippen molar-refractivity contribution in [3.8, 4) is 0 Å². The van der Waals surface area contributed by atoms with Crippen LogP contribution in [0.15, 0.2) is 40.9 Å². The smallest absolute Gasteiger partial charge is 0.311 e. The Kier molecular flexibility index (Phi) is 4.45. The minimum atomic E-state index is -0.610. The lowest BCUT2D eigenvalue weighted by Gasteiger charge is -2.42. The fourth-order valence-corrected chi connectivity index (χ4v) is 4.90. The van der Waals surface area contributed by atoms with E-state index in [2.05, 4.69) is 16.4 Å². The normalized spacial score (nSPS) is 32.4. The Hall–Kier alpha value is -1.98. The monoisotopic (exact) mass is 372 g/mol. The van der Waals surface area contributed by atoms with Gasteiger partial charge in [0.15, 0.2) is 5.78 Å². The van der Waals surface area contributed by atoms with Gasteiger partial charge in [-0.15, -0.1) is 0 Å². The molecule has 1 aromatic rings. The molecule has 4 rings (SSSR count). The molecule has 0 aromatic heterocycles. The molecule has 1 N–H and O–H groups in total. The maximum atomic E-state index is 13.2. The third-order valence-electron chi connectivity index (χ3n) is 5.95. The van der Waals surface area contributed by atoms with Gasteiger partial charge >= 0.3 is 5.97 Å². The van der Waals surface area contributed by atoms with Gasteiger partial charge in [-0.2, -0.15) is 0 Å². The Morgan fingerprint density at radius 1 is 1.31 bits per heavy atom. The molecule has 6 heteroatoms. The zero-order chi connectivity index (χ0) is 18.3. The standard InChI is InChI=1S/C20H21ClN2O3/c1-26-19(25)16-15-4-2-3-13-11-22-10-9-20(13,15)23-17(16)18(24)12-5-7-14(21)8-6-12/h3,5-8,11,15-17,23H,2,4,9-10H2,1H3. The average molecular weight is 373 g/mol. The van der Waals surface area contributed by atoms with Crippen LogP contribution < -0.4 is 5.32 Å². The first-order chi connectivity index (χ1) is 12.6. The second kappa shape index (κ2) is 6.63. The summed E-state index contributed by atoms with van der Waals surface area (Å²) in [6.45, 7) is 0.691. The summed E-state index contributed by atoms with van der Waals surface area (Å²) in [5.41, 5.74) is 1.28. The maximum Gasteiger partial charge on any atom is 0.311 e. The van der Waals surface area contributed by atoms with Crippen molar-refractivity contribution < 1.29 is 14.3 Å². The SMILES string of the molecule is COC(=O)C1C(C(=O)c2ccc(Cl)cc2)NC23CCN=CC2=CCCC13. The predicted molar refractivity (Wildman–Crippen MR) is 99.7 cm³/mol. The van der Waals surface area contributed by atoms with Crippen LogP contribution in [0.2, 0.25) is 5.02 Å². The zero-order valence-corrected chi connectivity index (χ0v) is 15.3. The van der Waals surface area contributed by atoms with Crippen molar-refractivity contribution in [2.45, 2.75) is 30.8 Å². The van der Waals surface area contributed by atoms with Gasteiger partial charge < -0.3 is 4.74 Å². The van der Waals surface area contributed by atoms with E-state index >= 15 is 0 Å². The summed E-state index contributed by atoms with van der Waals surface area (Å²) in [7, 11) is 1.39. The van der Waals surface area contributed by atoms with E-state index in [0.717, 1.165) is 24.8 Å². The van der Waals surface area contributed by atoms with E-state index in [1.54, 1.807) is 24.3 Å². The minimum absolute atomic E-state index is 0.0305. The van der Waals surface area contributed by atoms with Crippen molar-refractivity contribution in [3.63, 3.8) is 0 Å². The summed E-state index contributed by atoms with van der Waals surface area (Å²) >= 11 is 5.94. The van der Waals surface area contributed by atoms with Crippen LogP contribution in [0.5, 0.6) is 0 Å². The lowest BCUT2D eigenvalue weighted by Crippen LogP contribution is -2.53. The number of rotatable bonds is 3. The summed E-state index contributed by atoms with van der Waals surface area (Å²) in [5.74, 6) is -0.889. The molecule has 0 amide bonds. The second-order valence-electron chi connectivity index (χ2n) is 7.14. The Morgan fingerprint density at radius 2 is 2.08 bits per heavy atom. The molecular weight excluding hydrogens is 352 g/mol. The number of carbonyl (C=O) groups is 2. The highest BCUT2D eigenvalue weighted by Gasteiger charge is 2.60. The Morgan fingerprint density at radius 3 is 2.81 bits per heavy atom. The number of nitrogens with one attached hydrogen (secondary N) is 1. The number of methoxy groups -OCH3 is 1. The Labute approximate surface area is 157 Å². The Bertz CT molecular complexity index is 802. The molecule has 3 aliphatic rings. The summed E-state index contributed by atoms with van der Waals surface area (Å²) in [6.07, 6.45) is 6.60. The van der Waals surface area contributed by atoms with E-state index < -0.39 is 12.0 Å². The van der Waals surface area contributed by atoms with E-state index in [-0.39, 0.29) is 23.2 Å². The van der Waals surface area contributed by atoms with Gasteiger partial charge in [0.05, 0.1) is 24.6 Å². The van der Waals surface area contributed by atoms with Crippen molar-refractivity contribution in [1.29, 1.82) is 0 Å². The van der Waals surface area contributed by atoms with Crippen LogP contribution in [-0.2, 0) is 9.53 Å². The first-order valence-electron chi connectivity index (χ1n) is 8.92. The maximum absolute atomic E-state index is 13.2. The largest absolute Gasteiger partial charge is 0.469 e. The molecule has 5 nitrogen and oxygen atoms in total. The highest BCUT2D eigenvalue weighted by Crippen LogP contribution is 2.49. The van der Waals surface area contributed by atoms with Gasteiger partial charge in [0.25, 0.3) is 0 Å². The number of allylic oxidation sites excluding steroid dienone is 1. The van der Waals surface area contributed by atoms with Gasteiger partial charge in [0, 0.05) is 23.3 Å². The number of esters is 1. The van der Waals surface area contributed by atoms with Gasteiger partial charge in [-0.25, -0.2) is 0 Å². The van der Waals surface area contributed by atoms with Gasteiger partial charge in [-0.3, -0.25) is 19.9 Å². The van der Waals surface area contributed by atoms with E-state index in [1.165, 1.54) is 7.11 Å². The number of benzene rings is 1. The van der Waals surface area contributed by atoms with Crippen LogP contribution in [0.3, 0.4) is 0 Å². The fourth-order valence-electron chi connectivity index (χ4n) is 4.77. The molecule has 136 valence electrons. The van der Waals surface area contributed by atoms with Crippen molar-refractivity contribution in [3.05, 3.63) is 46.5 Å². The summed E-state index contributed by atoms with van der Waals surface area (Å²) in [5, 5.41) is 4.12. The van der Waals surface area contributed by atoms with Crippen LogP contribution in [0, 0.1) is 11.8 Å². The van der Waals surface area contributed by atoms with Crippen LogP contribution in [0.25, 0.3) is 0 Å². The van der Waals surface area contributed by atoms with Crippen molar-refractivity contribution in [1.82, 2.24) is 5.32 Å². The van der Waals surface area contributed by atoms with Crippen LogP contribution in [0.4, 0.5) is 0 Å². The van der Waals surface area contributed by atoms with Crippen LogP contribution >= 0.6 is 11.6 Å². The molecule has 2 heterocycles. The highest BCUT2D eigenvalue weighted by atomic mass is 35.5. The highest BCUT2D eigenvalue weighted by molar-refractivity contribution is 6.30. The van der Waals surface area contributed by atoms with Crippen molar-refractivity contribution in [2.24, 2.45) is 16.8 Å². The third kappa shape index (κ3) is 2.61. The van der Waals surface area contributed by atoms with Gasteiger partial charge in [-0.1, -0.05) is 17.7 Å². The van der Waals surface area contributed by atoms with E-state index in [1.807, 2.05) is 6.21 Å². The number of halogens is 1. The summed E-state index contributed by atoms with van der Waals surface area (Å²) < 4.78 is 5.09. The number of hydrogen-bond acceptors (Lipinski definition) is 5. The van der Waals surface area contributed by atoms with Gasteiger partial charge in [-0.05, 0) is 55.0 Å². The number of nitrogens with zero attached hydrogens (tertiary/aromatic N) is 1. The van der Waals surface area contributed by atoms with E-state index in [4.69, 9.17) is 16.3 Å². The molecular formula is C20H21ClN2O3. The van der Waals surface area contributed by atoms with Crippen LogP contribution in [-0.4, -0.2) is 43.2 Å². The molecule has 4 atom stereocenters. The lowest BCUT2D eigenvalue weighted by molar-refractivity contribution is -0.147. The van der Waals surface area contributed by atoms with Crippen molar-refractivity contribution in [2.75, 3.05) is 13.7 Å². The summed E-state index contributed by atoms with van der Waals surface area (Å²) in [4.78, 5) is 30.3. The zero-order valence-electron chi connectivity index (χ0n) is 14.6. The quantitative estimate of drug-likeness (QED) is 0.654. The van der Waals surface area contributed by atoms with Gasteiger partial charge in [0.1, 0.15) is 0 Å². The predicted octanol–water partition coefficient (Wildman–Crippen LogP) is 2.83. The first kappa shape index (κ1) is 17.4.